The van der Waals surface area contributed by atoms with Crippen molar-refractivity contribution in [2.45, 2.75) is 12.7 Å². The van der Waals surface area contributed by atoms with Crippen molar-refractivity contribution in [2.24, 2.45) is 0 Å². The summed E-state index contributed by atoms with van der Waals surface area (Å²) in [5.41, 5.74) is 0.809. The first-order valence-electron chi connectivity index (χ1n) is 6.87. The molecular weight excluding hydrogens is 380 g/mol. The summed E-state index contributed by atoms with van der Waals surface area (Å²) in [6.45, 7) is 0.154. The monoisotopic (exact) mass is 390 g/mol. The predicted molar refractivity (Wildman–Crippen MR) is 88.8 cm³/mol. The van der Waals surface area contributed by atoms with Gasteiger partial charge in [0, 0.05) is 27.8 Å². The molecule has 0 spiro atoms. The largest absolute Gasteiger partial charge is 0.471 e. The Hall–Kier alpha value is -2.25. The maximum absolute atomic E-state index is 12.2. The van der Waals surface area contributed by atoms with Gasteiger partial charge in [0.25, 0.3) is 5.91 Å². The van der Waals surface area contributed by atoms with Gasteiger partial charge in [-0.3, -0.25) is 9.59 Å². The molecule has 0 bridgehead atoms. The molecule has 0 unspecified atom stereocenters. The summed E-state index contributed by atoms with van der Waals surface area (Å²) in [5.74, 6) is -2.53. The Morgan fingerprint density at radius 2 is 1.64 bits per heavy atom. The van der Waals surface area contributed by atoms with Gasteiger partial charge in [-0.15, -0.1) is 0 Å². The van der Waals surface area contributed by atoms with Gasteiger partial charge in [0.15, 0.2) is 0 Å². The predicted octanol–water partition coefficient (Wildman–Crippen LogP) is 4.42. The van der Waals surface area contributed by atoms with Crippen molar-refractivity contribution in [3.63, 3.8) is 0 Å². The van der Waals surface area contributed by atoms with Crippen molar-refractivity contribution in [1.82, 2.24) is 5.32 Å². The number of alkyl halides is 3. The maximum atomic E-state index is 12.2. The number of amides is 2. The van der Waals surface area contributed by atoms with Crippen molar-refractivity contribution in [1.29, 1.82) is 0 Å². The molecule has 0 atom stereocenters. The van der Waals surface area contributed by atoms with Crippen molar-refractivity contribution in [2.75, 3.05) is 5.32 Å². The molecule has 0 radical (unpaired) electrons. The zero-order valence-electron chi connectivity index (χ0n) is 12.5. The SMILES string of the molecule is O=C(NCc1ccc(Cl)cc1Cl)c1ccc(NC(=O)C(F)(F)F)cc1. The highest BCUT2D eigenvalue weighted by Gasteiger charge is 2.38. The number of hydrogen-bond donors (Lipinski definition) is 2. The molecule has 2 rings (SSSR count). The molecule has 0 fully saturated rings. The van der Waals surface area contributed by atoms with E-state index in [1.165, 1.54) is 24.3 Å². The third kappa shape index (κ3) is 5.37. The molecule has 9 heteroatoms. The average molecular weight is 391 g/mol. The lowest BCUT2D eigenvalue weighted by atomic mass is 10.1. The lowest BCUT2D eigenvalue weighted by Gasteiger charge is -2.09. The van der Waals surface area contributed by atoms with E-state index in [0.717, 1.165) is 0 Å². The van der Waals surface area contributed by atoms with Crippen LogP contribution in [0.3, 0.4) is 0 Å². The highest BCUT2D eigenvalue weighted by Crippen LogP contribution is 2.21. The van der Waals surface area contributed by atoms with Crippen LogP contribution in [0, 0.1) is 0 Å². The number of anilines is 1. The van der Waals surface area contributed by atoms with Gasteiger partial charge < -0.3 is 10.6 Å². The van der Waals surface area contributed by atoms with Gasteiger partial charge in [0.1, 0.15) is 0 Å². The standard InChI is InChI=1S/C16H11Cl2F3N2O2/c17-11-4-1-10(13(18)7-11)8-22-14(24)9-2-5-12(6-3-9)23-15(25)16(19,20)21/h1-7H,8H2,(H,22,24)(H,23,25). The smallest absolute Gasteiger partial charge is 0.348 e. The van der Waals surface area contributed by atoms with Gasteiger partial charge in [-0.1, -0.05) is 29.3 Å². The minimum atomic E-state index is -4.98. The van der Waals surface area contributed by atoms with Gasteiger partial charge in [-0.05, 0) is 42.0 Å². The minimum absolute atomic E-state index is 0.0698. The Labute approximate surface area is 150 Å². The molecule has 2 N–H and O–H groups in total. The van der Waals surface area contributed by atoms with Crippen LogP contribution in [-0.2, 0) is 11.3 Å². The summed E-state index contributed by atoms with van der Waals surface area (Å²) in [5, 5.41) is 5.19. The average Bonchev–Trinajstić information content (AvgIpc) is 2.53. The van der Waals surface area contributed by atoms with Crippen molar-refractivity contribution >= 4 is 40.7 Å². The number of nitrogens with one attached hydrogen (secondary N) is 2. The fourth-order valence-corrected chi connectivity index (χ4v) is 2.32. The van der Waals surface area contributed by atoms with Crippen LogP contribution < -0.4 is 10.6 Å². The Kier molecular flexibility index (Phi) is 5.92. The summed E-state index contributed by atoms with van der Waals surface area (Å²) in [4.78, 5) is 22.9. The number of rotatable bonds is 4. The molecule has 4 nitrogen and oxygen atoms in total. The quantitative estimate of drug-likeness (QED) is 0.811. The fraction of sp³-hybridized carbons (Fsp3) is 0.125. The van der Waals surface area contributed by atoms with Crippen LogP contribution >= 0.6 is 23.2 Å². The fourth-order valence-electron chi connectivity index (χ4n) is 1.85. The Bertz CT molecular complexity index is 793. The summed E-state index contributed by atoms with van der Waals surface area (Å²) in [7, 11) is 0. The second kappa shape index (κ2) is 7.76. The first-order valence-corrected chi connectivity index (χ1v) is 7.63. The number of carbonyl (C=O) groups is 2. The molecule has 132 valence electrons. The Morgan fingerprint density at radius 3 is 2.20 bits per heavy atom. The van der Waals surface area contributed by atoms with E-state index >= 15 is 0 Å². The van der Waals surface area contributed by atoms with Crippen molar-refractivity contribution in [3.8, 4) is 0 Å². The molecule has 2 aromatic carbocycles. The topological polar surface area (TPSA) is 58.2 Å². The Morgan fingerprint density at radius 1 is 1.00 bits per heavy atom. The molecule has 0 aliphatic heterocycles. The summed E-state index contributed by atoms with van der Waals surface area (Å²) in [6.07, 6.45) is -4.98. The summed E-state index contributed by atoms with van der Waals surface area (Å²) < 4.78 is 36.5. The highest BCUT2D eigenvalue weighted by atomic mass is 35.5. The molecule has 0 saturated carbocycles. The molecule has 2 amide bonds. The van der Waals surface area contributed by atoms with Crippen LogP contribution in [-0.4, -0.2) is 18.0 Å². The van der Waals surface area contributed by atoms with E-state index < -0.39 is 18.0 Å². The lowest BCUT2D eigenvalue weighted by Crippen LogP contribution is -2.30. The maximum Gasteiger partial charge on any atom is 0.471 e. The van der Waals surface area contributed by atoms with Crippen molar-refractivity contribution in [3.05, 3.63) is 63.6 Å². The van der Waals surface area contributed by atoms with Crippen molar-refractivity contribution < 1.29 is 22.8 Å². The van der Waals surface area contributed by atoms with Crippen LogP contribution in [0.4, 0.5) is 18.9 Å². The molecule has 0 heterocycles. The number of halogens is 5. The first kappa shape index (κ1) is 19.1. The second-order valence-corrected chi connectivity index (χ2v) is 5.79. The highest BCUT2D eigenvalue weighted by molar-refractivity contribution is 6.35. The molecule has 0 aromatic heterocycles. The second-order valence-electron chi connectivity index (χ2n) is 4.95. The van der Waals surface area contributed by atoms with E-state index in [1.807, 2.05) is 0 Å². The van der Waals surface area contributed by atoms with Crippen LogP contribution in [0.2, 0.25) is 10.0 Å². The first-order chi connectivity index (χ1) is 11.7. The molecule has 0 aliphatic rings. The number of hydrogen-bond acceptors (Lipinski definition) is 2. The van der Waals surface area contributed by atoms with Crippen LogP contribution in [0.5, 0.6) is 0 Å². The van der Waals surface area contributed by atoms with Gasteiger partial charge in [0.2, 0.25) is 0 Å². The third-order valence-electron chi connectivity index (χ3n) is 3.12. The number of benzene rings is 2. The normalized spacial score (nSPS) is 11.1. The summed E-state index contributed by atoms with van der Waals surface area (Å²) in [6, 6.07) is 9.84. The van der Waals surface area contributed by atoms with Crippen LogP contribution in [0.15, 0.2) is 42.5 Å². The zero-order valence-corrected chi connectivity index (χ0v) is 14.0. The van der Waals surface area contributed by atoms with E-state index in [2.05, 4.69) is 5.32 Å². The summed E-state index contributed by atoms with van der Waals surface area (Å²) >= 11 is 11.8. The van der Waals surface area contributed by atoms with E-state index in [9.17, 15) is 22.8 Å². The molecular formula is C16H11Cl2F3N2O2. The molecule has 25 heavy (non-hydrogen) atoms. The van der Waals surface area contributed by atoms with Gasteiger partial charge in [-0.25, -0.2) is 0 Å². The third-order valence-corrected chi connectivity index (χ3v) is 3.70. The molecule has 0 saturated heterocycles. The van der Waals surface area contributed by atoms with Gasteiger partial charge >= 0.3 is 12.1 Å². The van der Waals surface area contributed by atoms with E-state index in [0.29, 0.717) is 15.6 Å². The molecule has 0 aliphatic carbocycles. The van der Waals surface area contributed by atoms with E-state index in [4.69, 9.17) is 23.2 Å². The van der Waals surface area contributed by atoms with Gasteiger partial charge in [-0.2, -0.15) is 13.2 Å². The van der Waals surface area contributed by atoms with Crippen LogP contribution in [0.25, 0.3) is 0 Å². The number of carbonyl (C=O) groups excluding carboxylic acids is 2. The minimum Gasteiger partial charge on any atom is -0.348 e. The van der Waals surface area contributed by atoms with Gasteiger partial charge in [0.05, 0.1) is 0 Å². The zero-order chi connectivity index (χ0) is 18.6. The van der Waals surface area contributed by atoms with E-state index in [-0.39, 0.29) is 17.8 Å². The van der Waals surface area contributed by atoms with E-state index in [1.54, 1.807) is 23.5 Å². The Balaban J connectivity index is 1.97. The lowest BCUT2D eigenvalue weighted by molar-refractivity contribution is -0.167. The molecule has 2 aromatic rings. The van der Waals surface area contributed by atoms with Crippen LogP contribution in [0.1, 0.15) is 15.9 Å².